The number of benzene rings is 1. The van der Waals surface area contributed by atoms with Crippen LogP contribution in [0.2, 0.25) is 0 Å². The zero-order valence-corrected chi connectivity index (χ0v) is 11.5. The van der Waals surface area contributed by atoms with Crippen molar-refractivity contribution in [1.82, 2.24) is 5.32 Å². The molecule has 0 heterocycles. The van der Waals surface area contributed by atoms with E-state index in [-0.39, 0.29) is 5.56 Å². The highest BCUT2D eigenvalue weighted by atomic mass is 16.5. The molecule has 114 valence electrons. The summed E-state index contributed by atoms with van der Waals surface area (Å²) in [5.41, 5.74) is 0.100. The van der Waals surface area contributed by atoms with Gasteiger partial charge in [-0.05, 0) is 30.9 Å². The van der Waals surface area contributed by atoms with Crippen molar-refractivity contribution in [2.45, 2.75) is 12.8 Å². The molecule has 0 aromatic heterocycles. The van der Waals surface area contributed by atoms with Crippen molar-refractivity contribution in [2.75, 3.05) is 25.1 Å². The van der Waals surface area contributed by atoms with Crippen LogP contribution in [0.25, 0.3) is 0 Å². The molecule has 7 nitrogen and oxygen atoms in total. The molecule has 2 amide bonds. The van der Waals surface area contributed by atoms with E-state index in [1.165, 1.54) is 31.0 Å². The number of aromatic carboxylic acids is 1. The third kappa shape index (κ3) is 4.96. The lowest BCUT2D eigenvalue weighted by Gasteiger charge is -2.09. The van der Waals surface area contributed by atoms with Crippen molar-refractivity contribution >= 4 is 17.7 Å². The van der Waals surface area contributed by atoms with Gasteiger partial charge in [-0.1, -0.05) is 0 Å². The molecule has 1 fully saturated rings. The Kier molecular flexibility index (Phi) is 4.99. The number of phenols is 1. The molecule has 21 heavy (non-hydrogen) atoms. The topological polar surface area (TPSA) is 108 Å². The quantitative estimate of drug-likeness (QED) is 0.572. The summed E-state index contributed by atoms with van der Waals surface area (Å²) in [5, 5.41) is 23.4. The number of carboxylic acids is 1. The fourth-order valence-electron chi connectivity index (χ4n) is 1.74. The third-order valence-corrected chi connectivity index (χ3v) is 3.07. The number of urea groups is 1. The summed E-state index contributed by atoms with van der Waals surface area (Å²) < 4.78 is 5.37. The van der Waals surface area contributed by atoms with Crippen LogP contribution in [0.4, 0.5) is 10.5 Å². The average molecular weight is 294 g/mol. The van der Waals surface area contributed by atoms with Gasteiger partial charge < -0.3 is 25.6 Å². The Balaban J connectivity index is 1.71. The summed E-state index contributed by atoms with van der Waals surface area (Å²) >= 11 is 0. The number of ether oxygens (including phenoxy) is 1. The summed E-state index contributed by atoms with van der Waals surface area (Å²) in [5.74, 6) is -0.932. The number of anilines is 1. The van der Waals surface area contributed by atoms with E-state index in [1.807, 2.05) is 0 Å². The van der Waals surface area contributed by atoms with Gasteiger partial charge in [0.2, 0.25) is 0 Å². The summed E-state index contributed by atoms with van der Waals surface area (Å²) in [6, 6.07) is 3.39. The number of carbonyl (C=O) groups excluding carboxylic acids is 1. The number of hydrogen-bond donors (Lipinski definition) is 4. The standard InChI is InChI=1S/C14H18N2O5/c17-12-7-10(3-4-11(12)13(18)19)16-14(20)15-5-6-21-8-9-1-2-9/h3-4,7,9,17H,1-2,5-6,8H2,(H,18,19)(H2,15,16,20). The lowest BCUT2D eigenvalue weighted by molar-refractivity contribution is 0.0694. The number of rotatable bonds is 7. The smallest absolute Gasteiger partial charge is 0.339 e. The molecule has 1 aromatic carbocycles. The van der Waals surface area contributed by atoms with E-state index in [2.05, 4.69) is 10.6 Å². The number of amides is 2. The molecule has 7 heteroatoms. The second kappa shape index (κ2) is 6.94. The summed E-state index contributed by atoms with van der Waals surface area (Å²) in [6.45, 7) is 1.58. The fourth-order valence-corrected chi connectivity index (χ4v) is 1.74. The molecule has 1 aromatic rings. The number of nitrogens with one attached hydrogen (secondary N) is 2. The predicted octanol–water partition coefficient (Wildman–Crippen LogP) is 1.64. The zero-order chi connectivity index (χ0) is 15.2. The van der Waals surface area contributed by atoms with Crippen LogP contribution in [-0.4, -0.2) is 42.0 Å². The predicted molar refractivity (Wildman–Crippen MR) is 75.6 cm³/mol. The highest BCUT2D eigenvalue weighted by molar-refractivity contribution is 5.93. The molecular weight excluding hydrogens is 276 g/mol. The number of carboxylic acid groups (broad SMARTS) is 1. The Bertz CT molecular complexity index is 528. The maximum Gasteiger partial charge on any atom is 0.339 e. The van der Waals surface area contributed by atoms with E-state index in [9.17, 15) is 14.7 Å². The fraction of sp³-hybridized carbons (Fsp3) is 0.429. The van der Waals surface area contributed by atoms with Crippen LogP contribution in [-0.2, 0) is 4.74 Å². The molecule has 1 saturated carbocycles. The van der Waals surface area contributed by atoms with Crippen molar-refractivity contribution in [2.24, 2.45) is 5.92 Å². The first-order chi connectivity index (χ1) is 10.1. The van der Waals surface area contributed by atoms with Crippen LogP contribution in [0.15, 0.2) is 18.2 Å². The molecule has 4 N–H and O–H groups in total. The molecule has 1 aliphatic rings. The molecule has 0 atom stereocenters. The molecule has 0 saturated heterocycles. The maximum atomic E-state index is 11.6. The molecule has 0 spiro atoms. The van der Waals surface area contributed by atoms with Gasteiger partial charge >= 0.3 is 12.0 Å². The normalized spacial score (nSPS) is 13.7. The van der Waals surface area contributed by atoms with Gasteiger partial charge in [-0.3, -0.25) is 0 Å². The highest BCUT2D eigenvalue weighted by Crippen LogP contribution is 2.28. The summed E-state index contributed by atoms with van der Waals surface area (Å²) in [6.07, 6.45) is 2.45. The first kappa shape index (κ1) is 15.1. The second-order valence-electron chi connectivity index (χ2n) is 4.94. The van der Waals surface area contributed by atoms with Gasteiger partial charge in [0, 0.05) is 24.9 Å². The number of aromatic hydroxyl groups is 1. The van der Waals surface area contributed by atoms with Gasteiger partial charge in [0.1, 0.15) is 11.3 Å². The van der Waals surface area contributed by atoms with E-state index < -0.39 is 17.7 Å². The summed E-state index contributed by atoms with van der Waals surface area (Å²) in [7, 11) is 0. The Morgan fingerprint density at radius 2 is 2.10 bits per heavy atom. The molecule has 2 rings (SSSR count). The van der Waals surface area contributed by atoms with E-state index in [1.54, 1.807) is 0 Å². The van der Waals surface area contributed by atoms with Gasteiger partial charge in [-0.2, -0.15) is 0 Å². The zero-order valence-electron chi connectivity index (χ0n) is 11.5. The van der Waals surface area contributed by atoms with E-state index in [0.717, 1.165) is 6.61 Å². The van der Waals surface area contributed by atoms with Crippen LogP contribution >= 0.6 is 0 Å². The summed E-state index contributed by atoms with van der Waals surface area (Å²) in [4.78, 5) is 22.3. The molecular formula is C14H18N2O5. The van der Waals surface area contributed by atoms with Crippen molar-refractivity contribution in [3.05, 3.63) is 23.8 Å². The van der Waals surface area contributed by atoms with E-state index in [4.69, 9.17) is 9.84 Å². The second-order valence-corrected chi connectivity index (χ2v) is 4.94. The van der Waals surface area contributed by atoms with Crippen LogP contribution in [0.1, 0.15) is 23.2 Å². The van der Waals surface area contributed by atoms with E-state index >= 15 is 0 Å². The lowest BCUT2D eigenvalue weighted by atomic mass is 10.2. The van der Waals surface area contributed by atoms with Crippen LogP contribution in [0, 0.1) is 5.92 Å². The Labute approximate surface area is 121 Å². The van der Waals surface area contributed by atoms with Crippen LogP contribution < -0.4 is 10.6 Å². The first-order valence-corrected chi connectivity index (χ1v) is 6.75. The monoisotopic (exact) mass is 294 g/mol. The van der Waals surface area contributed by atoms with Gasteiger partial charge in [0.05, 0.1) is 6.61 Å². The van der Waals surface area contributed by atoms with Gasteiger partial charge in [-0.25, -0.2) is 9.59 Å². The van der Waals surface area contributed by atoms with Gasteiger partial charge in [0.15, 0.2) is 0 Å². The first-order valence-electron chi connectivity index (χ1n) is 6.75. The van der Waals surface area contributed by atoms with Crippen molar-refractivity contribution in [3.8, 4) is 5.75 Å². The Morgan fingerprint density at radius 1 is 1.33 bits per heavy atom. The minimum absolute atomic E-state index is 0.213. The third-order valence-electron chi connectivity index (χ3n) is 3.07. The van der Waals surface area contributed by atoms with Crippen molar-refractivity contribution in [1.29, 1.82) is 0 Å². The molecule has 1 aliphatic carbocycles. The van der Waals surface area contributed by atoms with Crippen LogP contribution in [0.3, 0.4) is 0 Å². The minimum Gasteiger partial charge on any atom is -0.507 e. The minimum atomic E-state index is -1.23. The molecule has 0 unspecified atom stereocenters. The van der Waals surface area contributed by atoms with Gasteiger partial charge in [-0.15, -0.1) is 0 Å². The number of carbonyl (C=O) groups is 2. The molecule has 0 radical (unpaired) electrons. The molecule has 0 bridgehead atoms. The maximum absolute atomic E-state index is 11.6. The van der Waals surface area contributed by atoms with Gasteiger partial charge in [0.25, 0.3) is 0 Å². The largest absolute Gasteiger partial charge is 0.507 e. The molecule has 0 aliphatic heterocycles. The highest BCUT2D eigenvalue weighted by Gasteiger charge is 2.20. The Hall–Kier alpha value is -2.28. The van der Waals surface area contributed by atoms with Crippen LogP contribution in [0.5, 0.6) is 5.75 Å². The SMILES string of the molecule is O=C(NCCOCC1CC1)Nc1ccc(C(=O)O)c(O)c1. The lowest BCUT2D eigenvalue weighted by Crippen LogP contribution is -2.31. The number of hydrogen-bond acceptors (Lipinski definition) is 4. The Morgan fingerprint density at radius 3 is 2.71 bits per heavy atom. The average Bonchev–Trinajstić information content (AvgIpc) is 3.22. The van der Waals surface area contributed by atoms with Crippen molar-refractivity contribution in [3.63, 3.8) is 0 Å². The van der Waals surface area contributed by atoms with E-state index in [0.29, 0.717) is 24.8 Å². The van der Waals surface area contributed by atoms with Crippen molar-refractivity contribution < 1.29 is 24.5 Å².